The van der Waals surface area contributed by atoms with Gasteiger partial charge in [0.05, 0.1) is 30.1 Å². The summed E-state index contributed by atoms with van der Waals surface area (Å²) in [5.41, 5.74) is 2.65. The molecule has 1 amide bonds. The van der Waals surface area contributed by atoms with Crippen LogP contribution in [0.2, 0.25) is 5.02 Å². The van der Waals surface area contributed by atoms with Gasteiger partial charge in [-0.1, -0.05) is 39.7 Å². The standard InChI is InChI=1S/C24H17BrClN3O3/c1-31-16-4-2-3-13(9-16)20-12-21-17-10-14(25)5-8-22(17)32-24(29(21)28-20)18-11-15(26)6-7-19(18)27-23(24)30/h2-11,21H,12H2,1H3,(H,27,30)/t21-,24-/m0/s1. The van der Waals surface area contributed by atoms with E-state index in [0.717, 1.165) is 27.1 Å². The zero-order valence-corrected chi connectivity index (χ0v) is 19.3. The number of benzene rings is 3. The van der Waals surface area contributed by atoms with Gasteiger partial charge in [-0.3, -0.25) is 4.79 Å². The van der Waals surface area contributed by atoms with E-state index < -0.39 is 5.72 Å². The van der Waals surface area contributed by atoms with Gasteiger partial charge in [0, 0.05) is 27.0 Å². The number of ether oxygens (including phenoxy) is 2. The topological polar surface area (TPSA) is 63.2 Å². The van der Waals surface area contributed by atoms with E-state index in [1.165, 1.54) is 0 Å². The van der Waals surface area contributed by atoms with Crippen LogP contribution < -0.4 is 14.8 Å². The van der Waals surface area contributed by atoms with E-state index in [1.807, 2.05) is 42.5 Å². The van der Waals surface area contributed by atoms with Crippen molar-refractivity contribution >= 4 is 44.8 Å². The molecule has 0 saturated carbocycles. The Morgan fingerprint density at radius 2 is 2.09 bits per heavy atom. The SMILES string of the molecule is COc1cccc(C2=NN3[C@@H](C2)c2cc(Br)ccc2O[C@@]32C(=O)Nc3ccc(Cl)cc32)c1. The number of nitrogens with zero attached hydrogens (tertiary/aromatic N) is 2. The van der Waals surface area contributed by atoms with Crippen LogP contribution >= 0.6 is 27.5 Å². The van der Waals surface area contributed by atoms with Crippen molar-refractivity contribution in [2.24, 2.45) is 5.10 Å². The number of halogens is 2. The molecule has 1 N–H and O–H groups in total. The number of carbonyl (C=O) groups is 1. The van der Waals surface area contributed by atoms with Gasteiger partial charge in [0.15, 0.2) is 0 Å². The van der Waals surface area contributed by atoms with Crippen LogP contribution in [0.5, 0.6) is 11.5 Å². The fourth-order valence-electron chi connectivity index (χ4n) is 4.66. The first kappa shape index (κ1) is 19.6. The molecule has 2 atom stereocenters. The Hall–Kier alpha value is -3.03. The van der Waals surface area contributed by atoms with Crippen LogP contribution in [0, 0.1) is 0 Å². The Bertz CT molecular complexity index is 1330. The Kier molecular flexibility index (Phi) is 4.29. The zero-order valence-electron chi connectivity index (χ0n) is 16.9. The molecular weight excluding hydrogens is 494 g/mol. The number of nitrogens with one attached hydrogen (secondary N) is 1. The minimum atomic E-state index is -1.44. The predicted octanol–water partition coefficient (Wildman–Crippen LogP) is 5.46. The van der Waals surface area contributed by atoms with E-state index in [2.05, 4.69) is 21.2 Å². The Balaban J connectivity index is 1.57. The molecule has 0 bridgehead atoms. The molecule has 1 spiro atoms. The van der Waals surface area contributed by atoms with Crippen LogP contribution in [0.25, 0.3) is 0 Å². The number of carbonyl (C=O) groups excluding carboxylic acids is 1. The number of anilines is 1. The molecule has 0 aromatic heterocycles. The van der Waals surface area contributed by atoms with E-state index in [-0.39, 0.29) is 11.9 Å². The van der Waals surface area contributed by atoms with Crippen molar-refractivity contribution in [1.82, 2.24) is 5.01 Å². The smallest absolute Gasteiger partial charge is 0.306 e. The monoisotopic (exact) mass is 509 g/mol. The van der Waals surface area contributed by atoms with Crippen molar-refractivity contribution in [2.45, 2.75) is 18.2 Å². The molecule has 3 aliphatic rings. The van der Waals surface area contributed by atoms with Gasteiger partial charge in [-0.15, -0.1) is 0 Å². The van der Waals surface area contributed by atoms with Crippen molar-refractivity contribution in [3.05, 3.63) is 86.8 Å². The highest BCUT2D eigenvalue weighted by Gasteiger charge is 2.61. The maximum Gasteiger partial charge on any atom is 0.306 e. The van der Waals surface area contributed by atoms with E-state index in [9.17, 15) is 4.79 Å². The van der Waals surface area contributed by atoms with Crippen LogP contribution in [0.4, 0.5) is 5.69 Å². The number of hydrogen-bond donors (Lipinski definition) is 1. The van der Waals surface area contributed by atoms with Gasteiger partial charge < -0.3 is 14.8 Å². The predicted molar refractivity (Wildman–Crippen MR) is 125 cm³/mol. The van der Waals surface area contributed by atoms with E-state index >= 15 is 0 Å². The third kappa shape index (κ3) is 2.71. The van der Waals surface area contributed by atoms with Gasteiger partial charge in [-0.25, -0.2) is 5.01 Å². The van der Waals surface area contributed by atoms with E-state index in [1.54, 1.807) is 30.3 Å². The van der Waals surface area contributed by atoms with Gasteiger partial charge in [0.1, 0.15) is 11.5 Å². The van der Waals surface area contributed by atoms with Gasteiger partial charge in [0.2, 0.25) is 0 Å². The molecule has 8 heteroatoms. The Morgan fingerprint density at radius 1 is 1.22 bits per heavy atom. The number of hydrogen-bond acceptors (Lipinski definition) is 5. The lowest BCUT2D eigenvalue weighted by Crippen LogP contribution is -2.55. The Labute approximate surface area is 197 Å². The number of fused-ring (bicyclic) bond motifs is 6. The van der Waals surface area contributed by atoms with Crippen molar-refractivity contribution in [3.8, 4) is 11.5 Å². The molecule has 3 aliphatic heterocycles. The van der Waals surface area contributed by atoms with Gasteiger partial charge in [-0.2, -0.15) is 5.10 Å². The summed E-state index contributed by atoms with van der Waals surface area (Å²) in [4.78, 5) is 13.5. The van der Waals surface area contributed by atoms with Crippen molar-refractivity contribution in [2.75, 3.05) is 12.4 Å². The lowest BCUT2D eigenvalue weighted by Gasteiger charge is -2.44. The minimum Gasteiger partial charge on any atom is -0.497 e. The van der Waals surface area contributed by atoms with Gasteiger partial charge in [-0.05, 0) is 48.5 Å². The lowest BCUT2D eigenvalue weighted by atomic mass is 9.92. The maximum absolute atomic E-state index is 13.5. The molecule has 3 aromatic rings. The van der Waals surface area contributed by atoms with E-state index in [4.69, 9.17) is 26.2 Å². The normalized spacial score (nSPS) is 22.6. The van der Waals surface area contributed by atoms with Crippen LogP contribution in [0.15, 0.2) is 70.2 Å². The summed E-state index contributed by atoms with van der Waals surface area (Å²) < 4.78 is 12.8. The average molecular weight is 511 g/mol. The second kappa shape index (κ2) is 6.98. The van der Waals surface area contributed by atoms with Crippen LogP contribution in [0.3, 0.4) is 0 Å². The first-order valence-corrected chi connectivity index (χ1v) is 11.3. The number of amides is 1. The molecule has 32 heavy (non-hydrogen) atoms. The maximum atomic E-state index is 13.5. The summed E-state index contributed by atoms with van der Waals surface area (Å²) in [5, 5.41) is 10.2. The van der Waals surface area contributed by atoms with Gasteiger partial charge in [0.25, 0.3) is 5.91 Å². The third-order valence-electron chi connectivity index (χ3n) is 6.13. The number of hydrazone groups is 1. The van der Waals surface area contributed by atoms with Crippen molar-refractivity contribution < 1.29 is 14.3 Å². The molecule has 3 heterocycles. The van der Waals surface area contributed by atoms with Crippen LogP contribution in [-0.4, -0.2) is 23.7 Å². The number of rotatable bonds is 2. The molecule has 160 valence electrons. The highest BCUT2D eigenvalue weighted by molar-refractivity contribution is 9.10. The summed E-state index contributed by atoms with van der Waals surface area (Å²) in [6.45, 7) is 0. The van der Waals surface area contributed by atoms with Crippen LogP contribution in [-0.2, 0) is 10.5 Å². The highest BCUT2D eigenvalue weighted by Crippen LogP contribution is 2.54. The molecule has 0 aliphatic carbocycles. The molecule has 6 rings (SSSR count). The van der Waals surface area contributed by atoms with E-state index in [0.29, 0.717) is 28.4 Å². The fourth-order valence-corrected chi connectivity index (χ4v) is 5.21. The second-order valence-corrected chi connectivity index (χ2v) is 9.27. The molecular formula is C24H17BrClN3O3. The molecule has 0 unspecified atom stereocenters. The van der Waals surface area contributed by atoms with Crippen LogP contribution in [0.1, 0.15) is 29.2 Å². The van der Waals surface area contributed by atoms with Gasteiger partial charge >= 0.3 is 5.72 Å². The summed E-state index contributed by atoms with van der Waals surface area (Å²) in [6.07, 6.45) is 0.616. The molecule has 0 radical (unpaired) electrons. The fraction of sp³-hybridized carbons (Fsp3) is 0.167. The lowest BCUT2D eigenvalue weighted by molar-refractivity contribution is -0.161. The molecule has 0 saturated heterocycles. The summed E-state index contributed by atoms with van der Waals surface area (Å²) >= 11 is 9.89. The zero-order chi connectivity index (χ0) is 22.0. The Morgan fingerprint density at radius 3 is 2.94 bits per heavy atom. The molecule has 3 aromatic carbocycles. The number of methoxy groups -OCH3 is 1. The first-order valence-electron chi connectivity index (χ1n) is 10.1. The third-order valence-corrected chi connectivity index (χ3v) is 6.86. The quantitative estimate of drug-likeness (QED) is 0.497. The summed E-state index contributed by atoms with van der Waals surface area (Å²) in [7, 11) is 1.64. The second-order valence-electron chi connectivity index (χ2n) is 7.92. The minimum absolute atomic E-state index is 0.187. The molecule has 6 nitrogen and oxygen atoms in total. The largest absolute Gasteiger partial charge is 0.497 e. The summed E-state index contributed by atoms with van der Waals surface area (Å²) in [6, 6.07) is 18.7. The van der Waals surface area contributed by atoms with Crippen molar-refractivity contribution in [1.29, 1.82) is 0 Å². The summed E-state index contributed by atoms with van der Waals surface area (Å²) in [5.74, 6) is 1.11. The highest BCUT2D eigenvalue weighted by atomic mass is 79.9. The average Bonchev–Trinajstić information content (AvgIpc) is 3.36. The molecule has 0 fully saturated rings. The first-order chi connectivity index (χ1) is 15.5. The van der Waals surface area contributed by atoms with Crippen molar-refractivity contribution in [3.63, 3.8) is 0 Å².